The molecule has 20 heavy (non-hydrogen) atoms. The van der Waals surface area contributed by atoms with Crippen molar-refractivity contribution < 1.29 is 9.13 Å². The van der Waals surface area contributed by atoms with E-state index in [1.165, 1.54) is 6.07 Å². The van der Waals surface area contributed by atoms with Crippen LogP contribution in [0.4, 0.5) is 4.39 Å². The second kappa shape index (κ2) is 7.72. The van der Waals surface area contributed by atoms with Crippen LogP contribution in [0.25, 0.3) is 0 Å². The van der Waals surface area contributed by atoms with Gasteiger partial charge in [0.1, 0.15) is 5.82 Å². The number of likely N-dealkylation sites (N-methyl/N-ethyl adjacent to an activating group) is 1. The van der Waals surface area contributed by atoms with Crippen LogP contribution in [0.5, 0.6) is 0 Å². The fourth-order valence-electron chi connectivity index (χ4n) is 2.57. The second-order valence-electron chi connectivity index (χ2n) is 5.50. The molecule has 3 nitrogen and oxygen atoms in total. The van der Waals surface area contributed by atoms with Crippen LogP contribution in [0, 0.1) is 5.82 Å². The van der Waals surface area contributed by atoms with Crippen LogP contribution in [0.3, 0.4) is 0 Å². The van der Waals surface area contributed by atoms with Crippen molar-refractivity contribution in [3.05, 3.63) is 35.6 Å². The van der Waals surface area contributed by atoms with Gasteiger partial charge < -0.3 is 10.1 Å². The third-order valence-electron chi connectivity index (χ3n) is 4.10. The molecule has 2 rings (SSSR count). The Morgan fingerprint density at radius 3 is 2.75 bits per heavy atom. The number of nitrogens with zero attached hydrogens (tertiary/aromatic N) is 1. The molecular weight excluding hydrogens is 255 g/mol. The van der Waals surface area contributed by atoms with Gasteiger partial charge in [-0.2, -0.15) is 0 Å². The summed E-state index contributed by atoms with van der Waals surface area (Å²) in [5.41, 5.74) is 0.747. The van der Waals surface area contributed by atoms with Crippen molar-refractivity contribution in [3.63, 3.8) is 0 Å². The highest BCUT2D eigenvalue weighted by atomic mass is 19.1. The second-order valence-corrected chi connectivity index (χ2v) is 5.50. The molecule has 1 aromatic rings. The zero-order valence-corrected chi connectivity index (χ0v) is 12.4. The highest BCUT2D eigenvalue weighted by Crippen LogP contribution is 2.21. The molecule has 1 saturated heterocycles. The van der Waals surface area contributed by atoms with Gasteiger partial charge >= 0.3 is 0 Å². The topological polar surface area (TPSA) is 24.5 Å². The van der Waals surface area contributed by atoms with Gasteiger partial charge in [-0.05, 0) is 46.0 Å². The summed E-state index contributed by atoms with van der Waals surface area (Å²) in [4.78, 5) is 2.14. The van der Waals surface area contributed by atoms with E-state index in [0.29, 0.717) is 12.7 Å². The maximum atomic E-state index is 13.7. The zero-order chi connectivity index (χ0) is 14.4. The Bertz CT molecular complexity index is 407. The van der Waals surface area contributed by atoms with E-state index in [9.17, 15) is 4.39 Å². The molecule has 0 radical (unpaired) electrons. The highest BCUT2D eigenvalue weighted by molar-refractivity contribution is 5.20. The van der Waals surface area contributed by atoms with Crippen molar-refractivity contribution in [2.45, 2.75) is 31.9 Å². The number of piperidine rings is 1. The Labute approximate surface area is 121 Å². The average Bonchev–Trinajstić information content (AvgIpc) is 2.48. The summed E-state index contributed by atoms with van der Waals surface area (Å²) in [5, 5.41) is 3.33. The molecule has 1 aromatic carbocycles. The van der Waals surface area contributed by atoms with Crippen LogP contribution < -0.4 is 5.32 Å². The minimum Gasteiger partial charge on any atom is -0.377 e. The number of ether oxygens (including phenoxy) is 1. The first-order valence-electron chi connectivity index (χ1n) is 7.45. The van der Waals surface area contributed by atoms with Crippen molar-refractivity contribution in [3.8, 4) is 0 Å². The summed E-state index contributed by atoms with van der Waals surface area (Å²) >= 11 is 0. The predicted octanol–water partition coefficient (Wildman–Crippen LogP) is 2.59. The maximum absolute atomic E-state index is 13.7. The van der Waals surface area contributed by atoms with Gasteiger partial charge in [0.15, 0.2) is 0 Å². The van der Waals surface area contributed by atoms with E-state index in [1.54, 1.807) is 6.07 Å². The number of hydrogen-bond acceptors (Lipinski definition) is 3. The van der Waals surface area contributed by atoms with Gasteiger partial charge in [0.2, 0.25) is 0 Å². The lowest BCUT2D eigenvalue weighted by atomic mass is 10.1. The lowest BCUT2D eigenvalue weighted by Gasteiger charge is -2.27. The SMILES string of the molecule is CC(c1ccccc1F)N(C)CCOC1CCNCC1. The molecular formula is C16H25FN2O. The molecule has 0 amide bonds. The van der Waals surface area contributed by atoms with Gasteiger partial charge in [0.25, 0.3) is 0 Å². The summed E-state index contributed by atoms with van der Waals surface area (Å²) < 4.78 is 19.6. The standard InChI is InChI=1S/C16H25FN2O/c1-13(15-5-3-4-6-16(15)17)19(2)11-12-20-14-7-9-18-10-8-14/h3-6,13-14,18H,7-12H2,1-2H3. The first-order valence-corrected chi connectivity index (χ1v) is 7.45. The van der Waals surface area contributed by atoms with Crippen LogP contribution in [0.1, 0.15) is 31.4 Å². The average molecular weight is 280 g/mol. The lowest BCUT2D eigenvalue weighted by Crippen LogP contribution is -2.34. The minimum absolute atomic E-state index is 0.0628. The Morgan fingerprint density at radius 2 is 2.05 bits per heavy atom. The predicted molar refractivity (Wildman–Crippen MR) is 79.3 cm³/mol. The highest BCUT2D eigenvalue weighted by Gasteiger charge is 2.17. The summed E-state index contributed by atoms with van der Waals surface area (Å²) in [7, 11) is 2.02. The maximum Gasteiger partial charge on any atom is 0.127 e. The number of hydrogen-bond donors (Lipinski definition) is 1. The molecule has 0 saturated carbocycles. The molecule has 1 unspecified atom stereocenters. The van der Waals surface area contributed by atoms with Crippen LogP contribution in [-0.2, 0) is 4.74 Å². The molecule has 1 heterocycles. The number of benzene rings is 1. The molecule has 1 fully saturated rings. The summed E-state index contributed by atoms with van der Waals surface area (Å²) in [6, 6.07) is 7.04. The van der Waals surface area contributed by atoms with Gasteiger partial charge in [0.05, 0.1) is 12.7 Å². The molecule has 0 aromatic heterocycles. The molecule has 1 aliphatic heterocycles. The fraction of sp³-hybridized carbons (Fsp3) is 0.625. The first kappa shape index (κ1) is 15.4. The third-order valence-corrected chi connectivity index (χ3v) is 4.10. The Morgan fingerprint density at radius 1 is 1.35 bits per heavy atom. The summed E-state index contributed by atoms with van der Waals surface area (Å²) in [6.07, 6.45) is 2.56. The first-order chi connectivity index (χ1) is 9.68. The van der Waals surface area contributed by atoms with Crippen molar-refractivity contribution in [2.24, 2.45) is 0 Å². The fourth-order valence-corrected chi connectivity index (χ4v) is 2.57. The van der Waals surface area contributed by atoms with Gasteiger partial charge in [-0.15, -0.1) is 0 Å². The van der Waals surface area contributed by atoms with E-state index >= 15 is 0 Å². The molecule has 112 valence electrons. The van der Waals surface area contributed by atoms with E-state index in [2.05, 4.69) is 10.2 Å². The number of rotatable bonds is 6. The molecule has 1 aliphatic rings. The minimum atomic E-state index is -0.133. The van der Waals surface area contributed by atoms with Gasteiger partial charge in [-0.3, -0.25) is 4.90 Å². The van der Waals surface area contributed by atoms with E-state index in [4.69, 9.17) is 4.74 Å². The van der Waals surface area contributed by atoms with Crippen LogP contribution in [-0.4, -0.2) is 44.3 Å². The molecule has 0 bridgehead atoms. The van der Waals surface area contributed by atoms with E-state index < -0.39 is 0 Å². The van der Waals surface area contributed by atoms with Gasteiger partial charge in [0, 0.05) is 18.2 Å². The Kier molecular flexibility index (Phi) is 5.95. The van der Waals surface area contributed by atoms with Crippen LogP contribution in [0.15, 0.2) is 24.3 Å². The normalized spacial score (nSPS) is 18.4. The molecule has 1 atom stereocenters. The smallest absolute Gasteiger partial charge is 0.127 e. The largest absolute Gasteiger partial charge is 0.377 e. The summed E-state index contributed by atoms with van der Waals surface area (Å²) in [5.74, 6) is -0.133. The lowest BCUT2D eigenvalue weighted by molar-refractivity contribution is 0.0189. The Balaban J connectivity index is 1.76. The number of nitrogens with one attached hydrogen (secondary N) is 1. The van der Waals surface area contributed by atoms with E-state index in [0.717, 1.165) is 38.0 Å². The van der Waals surface area contributed by atoms with Crippen LogP contribution >= 0.6 is 0 Å². The molecule has 0 aliphatic carbocycles. The molecule has 0 spiro atoms. The quantitative estimate of drug-likeness (QED) is 0.867. The van der Waals surface area contributed by atoms with Gasteiger partial charge in [-0.25, -0.2) is 4.39 Å². The van der Waals surface area contributed by atoms with Crippen molar-refractivity contribution in [2.75, 3.05) is 33.3 Å². The van der Waals surface area contributed by atoms with Crippen molar-refractivity contribution in [1.29, 1.82) is 0 Å². The third kappa shape index (κ3) is 4.27. The van der Waals surface area contributed by atoms with E-state index in [1.807, 2.05) is 26.1 Å². The monoisotopic (exact) mass is 280 g/mol. The van der Waals surface area contributed by atoms with Crippen molar-refractivity contribution >= 4 is 0 Å². The van der Waals surface area contributed by atoms with Gasteiger partial charge in [-0.1, -0.05) is 18.2 Å². The molecule has 4 heteroatoms. The number of halogens is 1. The van der Waals surface area contributed by atoms with E-state index in [-0.39, 0.29) is 11.9 Å². The zero-order valence-electron chi connectivity index (χ0n) is 12.4. The Hall–Kier alpha value is -0.970. The van der Waals surface area contributed by atoms with Crippen molar-refractivity contribution in [1.82, 2.24) is 10.2 Å². The van der Waals surface area contributed by atoms with Crippen LogP contribution in [0.2, 0.25) is 0 Å². The summed E-state index contributed by atoms with van der Waals surface area (Å²) in [6.45, 7) is 5.65. The molecule has 1 N–H and O–H groups in total.